The van der Waals surface area contributed by atoms with Crippen molar-refractivity contribution < 1.29 is 9.90 Å². The van der Waals surface area contributed by atoms with Crippen LogP contribution in [0.2, 0.25) is 5.02 Å². The van der Waals surface area contributed by atoms with Gasteiger partial charge < -0.3 is 9.90 Å². The molecule has 2 nitrogen and oxygen atoms in total. The molecule has 0 aliphatic heterocycles. The van der Waals surface area contributed by atoms with Crippen molar-refractivity contribution in [3.8, 4) is 5.75 Å². The highest BCUT2D eigenvalue weighted by Gasteiger charge is 2.15. The van der Waals surface area contributed by atoms with Gasteiger partial charge in [0.25, 0.3) is 0 Å². The largest absolute Gasteiger partial charge is 0.507 e. The van der Waals surface area contributed by atoms with E-state index in [0.717, 1.165) is 23.0 Å². The highest BCUT2D eigenvalue weighted by atomic mass is 35.5. The predicted octanol–water partition coefficient (Wildman–Crippen LogP) is 3.61. The normalized spacial score (nSPS) is 10.8. The number of hydrogen-bond donors (Lipinski definition) is 1. The second-order valence-electron chi connectivity index (χ2n) is 4.26. The van der Waals surface area contributed by atoms with Gasteiger partial charge in [-0.3, -0.25) is 0 Å². The quantitative estimate of drug-likeness (QED) is 0.817. The number of aldehydes is 1. The standard InChI is InChI=1S/C13H17ClO2/c1-8(2)11-7-12(14)9(3)10(13(11)16)5-4-6-15/h6-8,16H,4-5H2,1-3H3. The van der Waals surface area contributed by atoms with Gasteiger partial charge in [-0.05, 0) is 42.0 Å². The molecule has 3 heteroatoms. The Hall–Kier alpha value is -1.02. The molecule has 0 radical (unpaired) electrons. The lowest BCUT2D eigenvalue weighted by Gasteiger charge is -2.16. The maximum atomic E-state index is 10.4. The Morgan fingerprint density at radius 2 is 2.12 bits per heavy atom. The summed E-state index contributed by atoms with van der Waals surface area (Å²) in [4.78, 5) is 10.4. The zero-order valence-electron chi connectivity index (χ0n) is 9.88. The monoisotopic (exact) mass is 240 g/mol. The van der Waals surface area contributed by atoms with Gasteiger partial charge in [-0.25, -0.2) is 0 Å². The van der Waals surface area contributed by atoms with Gasteiger partial charge in [-0.15, -0.1) is 0 Å². The van der Waals surface area contributed by atoms with Crippen LogP contribution in [0.25, 0.3) is 0 Å². The van der Waals surface area contributed by atoms with Crippen molar-refractivity contribution in [2.45, 2.75) is 39.5 Å². The summed E-state index contributed by atoms with van der Waals surface area (Å²) in [5.41, 5.74) is 2.50. The average Bonchev–Trinajstić information content (AvgIpc) is 2.23. The van der Waals surface area contributed by atoms with Crippen molar-refractivity contribution in [2.24, 2.45) is 0 Å². The van der Waals surface area contributed by atoms with E-state index in [0.29, 0.717) is 23.6 Å². The maximum Gasteiger partial charge on any atom is 0.122 e. The summed E-state index contributed by atoms with van der Waals surface area (Å²) >= 11 is 6.11. The fourth-order valence-electron chi connectivity index (χ4n) is 1.76. The van der Waals surface area contributed by atoms with Gasteiger partial charge in [0.05, 0.1) is 0 Å². The van der Waals surface area contributed by atoms with Crippen molar-refractivity contribution in [3.05, 3.63) is 27.8 Å². The summed E-state index contributed by atoms with van der Waals surface area (Å²) < 4.78 is 0. The molecule has 1 aromatic carbocycles. The third-order valence-electron chi connectivity index (χ3n) is 2.79. The van der Waals surface area contributed by atoms with E-state index < -0.39 is 0 Å². The van der Waals surface area contributed by atoms with Crippen LogP contribution >= 0.6 is 11.6 Å². The first kappa shape index (κ1) is 13.0. The lowest BCUT2D eigenvalue weighted by Crippen LogP contribution is -1.98. The van der Waals surface area contributed by atoms with E-state index in [9.17, 15) is 9.90 Å². The number of rotatable bonds is 4. The van der Waals surface area contributed by atoms with E-state index in [1.54, 1.807) is 6.07 Å². The number of carbonyl (C=O) groups is 1. The minimum Gasteiger partial charge on any atom is -0.507 e. The fourth-order valence-corrected chi connectivity index (χ4v) is 1.99. The molecule has 0 unspecified atom stereocenters. The van der Waals surface area contributed by atoms with E-state index in [1.807, 2.05) is 20.8 Å². The molecular formula is C13H17ClO2. The van der Waals surface area contributed by atoms with Gasteiger partial charge >= 0.3 is 0 Å². The molecule has 0 bridgehead atoms. The van der Waals surface area contributed by atoms with Crippen molar-refractivity contribution in [1.82, 2.24) is 0 Å². The average molecular weight is 241 g/mol. The van der Waals surface area contributed by atoms with Crippen LogP contribution in [0.5, 0.6) is 5.75 Å². The summed E-state index contributed by atoms with van der Waals surface area (Å²) in [6, 6.07) is 1.81. The Morgan fingerprint density at radius 3 is 2.62 bits per heavy atom. The van der Waals surface area contributed by atoms with E-state index in [1.165, 1.54) is 0 Å². The first-order valence-corrected chi connectivity index (χ1v) is 5.81. The van der Waals surface area contributed by atoms with Crippen LogP contribution in [0, 0.1) is 6.92 Å². The molecule has 1 N–H and O–H groups in total. The SMILES string of the molecule is Cc1c(Cl)cc(C(C)C)c(O)c1CCC=O. The Bertz CT molecular complexity index is 397. The van der Waals surface area contributed by atoms with Gasteiger partial charge in [0.2, 0.25) is 0 Å². The number of hydrogen-bond acceptors (Lipinski definition) is 2. The Balaban J connectivity index is 3.27. The molecule has 0 saturated heterocycles. The predicted molar refractivity (Wildman–Crippen MR) is 66.3 cm³/mol. The van der Waals surface area contributed by atoms with E-state index in [2.05, 4.69) is 0 Å². The number of carbonyl (C=O) groups excluding carboxylic acids is 1. The van der Waals surface area contributed by atoms with Crippen molar-refractivity contribution in [1.29, 1.82) is 0 Å². The zero-order valence-corrected chi connectivity index (χ0v) is 10.6. The van der Waals surface area contributed by atoms with Crippen LogP contribution in [0.15, 0.2) is 6.07 Å². The molecule has 0 amide bonds. The first-order valence-electron chi connectivity index (χ1n) is 5.43. The van der Waals surface area contributed by atoms with Crippen molar-refractivity contribution >= 4 is 17.9 Å². The highest BCUT2D eigenvalue weighted by Crippen LogP contribution is 2.36. The van der Waals surface area contributed by atoms with E-state index in [-0.39, 0.29) is 5.92 Å². The number of phenols is 1. The number of phenolic OH excluding ortho intramolecular Hbond substituents is 1. The van der Waals surface area contributed by atoms with Gasteiger partial charge in [-0.2, -0.15) is 0 Å². The zero-order chi connectivity index (χ0) is 12.3. The molecule has 0 atom stereocenters. The molecule has 1 rings (SSSR count). The Morgan fingerprint density at radius 1 is 1.50 bits per heavy atom. The molecule has 0 saturated carbocycles. The molecule has 88 valence electrons. The first-order chi connectivity index (χ1) is 7.49. The lowest BCUT2D eigenvalue weighted by molar-refractivity contribution is -0.107. The minimum atomic E-state index is 0.216. The number of benzene rings is 1. The molecular weight excluding hydrogens is 224 g/mol. The van der Waals surface area contributed by atoms with Gasteiger partial charge in [0, 0.05) is 11.4 Å². The summed E-state index contributed by atoms with van der Waals surface area (Å²) in [7, 11) is 0. The van der Waals surface area contributed by atoms with E-state index >= 15 is 0 Å². The van der Waals surface area contributed by atoms with Crippen LogP contribution in [0.3, 0.4) is 0 Å². The third kappa shape index (κ3) is 2.56. The van der Waals surface area contributed by atoms with Crippen LogP contribution in [-0.2, 0) is 11.2 Å². The second kappa shape index (κ2) is 5.35. The topological polar surface area (TPSA) is 37.3 Å². The van der Waals surface area contributed by atoms with Crippen molar-refractivity contribution in [3.63, 3.8) is 0 Å². The van der Waals surface area contributed by atoms with Crippen molar-refractivity contribution in [2.75, 3.05) is 0 Å². The summed E-state index contributed by atoms with van der Waals surface area (Å²) in [6.07, 6.45) is 1.81. The lowest BCUT2D eigenvalue weighted by atomic mass is 9.94. The summed E-state index contributed by atoms with van der Waals surface area (Å²) in [5.74, 6) is 0.506. The molecule has 0 spiro atoms. The molecule has 16 heavy (non-hydrogen) atoms. The Kier molecular flexibility index (Phi) is 4.36. The summed E-state index contributed by atoms with van der Waals surface area (Å²) in [5, 5.41) is 10.8. The molecule has 0 aliphatic carbocycles. The van der Waals surface area contributed by atoms with Gasteiger partial charge in [-0.1, -0.05) is 25.4 Å². The van der Waals surface area contributed by atoms with Gasteiger partial charge in [0.15, 0.2) is 0 Å². The molecule has 0 aromatic heterocycles. The molecule has 1 aromatic rings. The van der Waals surface area contributed by atoms with Crippen LogP contribution in [0.1, 0.15) is 42.9 Å². The fraction of sp³-hybridized carbons (Fsp3) is 0.462. The van der Waals surface area contributed by atoms with Crippen LogP contribution in [-0.4, -0.2) is 11.4 Å². The third-order valence-corrected chi connectivity index (χ3v) is 3.18. The van der Waals surface area contributed by atoms with E-state index in [4.69, 9.17) is 11.6 Å². The maximum absolute atomic E-state index is 10.4. The number of aromatic hydroxyl groups is 1. The highest BCUT2D eigenvalue weighted by molar-refractivity contribution is 6.31. The molecule has 0 heterocycles. The minimum absolute atomic E-state index is 0.216. The number of halogens is 1. The molecule has 0 fully saturated rings. The Labute approximate surface area is 101 Å². The second-order valence-corrected chi connectivity index (χ2v) is 4.67. The van der Waals surface area contributed by atoms with Gasteiger partial charge in [0.1, 0.15) is 12.0 Å². The van der Waals surface area contributed by atoms with Crippen LogP contribution < -0.4 is 0 Å². The smallest absolute Gasteiger partial charge is 0.122 e. The van der Waals surface area contributed by atoms with Crippen LogP contribution in [0.4, 0.5) is 0 Å². The summed E-state index contributed by atoms with van der Waals surface area (Å²) in [6.45, 7) is 5.88. The molecule has 0 aliphatic rings.